The van der Waals surface area contributed by atoms with Crippen molar-refractivity contribution in [2.75, 3.05) is 5.75 Å². The van der Waals surface area contributed by atoms with E-state index in [9.17, 15) is 0 Å². The molecular weight excluding hydrogens is 448 g/mol. The van der Waals surface area contributed by atoms with E-state index in [1.54, 1.807) is 0 Å². The highest BCUT2D eigenvalue weighted by molar-refractivity contribution is 8.76. The quantitative estimate of drug-likeness (QED) is 0.156. The lowest BCUT2D eigenvalue weighted by Gasteiger charge is -2.58. The molecule has 0 aromatic heterocycles. The first-order chi connectivity index (χ1) is 16.3. The summed E-state index contributed by atoms with van der Waals surface area (Å²) in [4.78, 5) is 0. The van der Waals surface area contributed by atoms with Gasteiger partial charge in [0.25, 0.3) is 0 Å². The van der Waals surface area contributed by atoms with E-state index in [0.717, 1.165) is 47.2 Å². The molecular formula is C32H54S2. The van der Waals surface area contributed by atoms with Gasteiger partial charge in [0.2, 0.25) is 0 Å². The van der Waals surface area contributed by atoms with Gasteiger partial charge in [-0.2, -0.15) is 0 Å². The zero-order valence-corrected chi connectivity index (χ0v) is 24.8. The van der Waals surface area contributed by atoms with Gasteiger partial charge in [0.15, 0.2) is 0 Å². The minimum atomic E-state index is 0.511. The number of hydrogen-bond donors (Lipinski definition) is 0. The van der Waals surface area contributed by atoms with Crippen LogP contribution in [0.4, 0.5) is 0 Å². The fourth-order valence-electron chi connectivity index (χ4n) is 9.20. The Labute approximate surface area is 220 Å². The summed E-state index contributed by atoms with van der Waals surface area (Å²) >= 11 is 0. The average Bonchev–Trinajstić information content (AvgIpc) is 3.15. The molecule has 0 aromatic rings. The van der Waals surface area contributed by atoms with Crippen LogP contribution in [-0.4, -0.2) is 11.0 Å². The molecule has 2 heteroatoms. The minimum Gasteiger partial charge on any atom is -0.103 e. The van der Waals surface area contributed by atoms with Crippen molar-refractivity contribution in [3.63, 3.8) is 0 Å². The van der Waals surface area contributed by atoms with Gasteiger partial charge in [0, 0.05) is 11.0 Å². The predicted octanol–water partition coefficient (Wildman–Crippen LogP) is 10.7. The zero-order valence-electron chi connectivity index (χ0n) is 23.1. The normalized spacial score (nSPS) is 40.3. The Morgan fingerprint density at radius 2 is 1.94 bits per heavy atom. The van der Waals surface area contributed by atoms with Crippen molar-refractivity contribution in [2.24, 2.45) is 46.3 Å². The number of rotatable bonds is 11. The molecule has 0 amide bonds. The van der Waals surface area contributed by atoms with Crippen LogP contribution < -0.4 is 0 Å². The maximum Gasteiger partial charge on any atom is 0.0189 e. The van der Waals surface area contributed by atoms with E-state index in [-0.39, 0.29) is 0 Å². The molecule has 34 heavy (non-hydrogen) atoms. The second-order valence-corrected chi connectivity index (χ2v) is 16.1. The largest absolute Gasteiger partial charge is 0.103 e. The van der Waals surface area contributed by atoms with E-state index in [2.05, 4.69) is 74.9 Å². The fourth-order valence-corrected chi connectivity index (χ4v) is 11.9. The summed E-state index contributed by atoms with van der Waals surface area (Å²) in [5, 5.41) is 0.841. The summed E-state index contributed by atoms with van der Waals surface area (Å²) < 4.78 is 0. The second-order valence-electron chi connectivity index (χ2n) is 13.3. The van der Waals surface area contributed by atoms with Crippen molar-refractivity contribution in [1.29, 1.82) is 0 Å². The first kappa shape index (κ1) is 27.2. The third kappa shape index (κ3) is 5.39. The molecule has 0 N–H and O–H groups in total. The lowest BCUT2D eigenvalue weighted by atomic mass is 9.47. The highest BCUT2D eigenvalue weighted by Crippen LogP contribution is 2.67. The van der Waals surface area contributed by atoms with Crippen LogP contribution in [0.15, 0.2) is 24.3 Å². The maximum atomic E-state index is 3.88. The molecule has 0 spiro atoms. The van der Waals surface area contributed by atoms with Crippen LogP contribution in [0, 0.1) is 46.3 Å². The summed E-state index contributed by atoms with van der Waals surface area (Å²) in [6.45, 7) is 16.6. The van der Waals surface area contributed by atoms with Crippen molar-refractivity contribution < 1.29 is 0 Å². The standard InChI is InChI=1S/C32H54S2/c1-7-9-21-33-34-27-17-19-32(6)26(22-27)13-15-28-29-16-14-25(31(29,5)20-18-30(28)32)12-10-11-24(8-2)23(3)4/h7,13,23-25,27-30H,1,8-12,14-22H2,2-6H3. The molecule has 0 nitrogen and oxygen atoms in total. The Bertz CT molecular complexity index is 710. The summed E-state index contributed by atoms with van der Waals surface area (Å²) in [6, 6.07) is 0. The number of hydrogen-bond acceptors (Lipinski definition) is 2. The maximum absolute atomic E-state index is 3.88. The molecule has 4 rings (SSSR count). The lowest BCUT2D eigenvalue weighted by Crippen LogP contribution is -2.50. The van der Waals surface area contributed by atoms with Crippen LogP contribution in [0.25, 0.3) is 0 Å². The molecule has 0 radical (unpaired) electrons. The molecule has 0 aromatic carbocycles. The minimum absolute atomic E-state index is 0.511. The van der Waals surface area contributed by atoms with Gasteiger partial charge in [-0.25, -0.2) is 0 Å². The van der Waals surface area contributed by atoms with Crippen LogP contribution in [0.2, 0.25) is 0 Å². The molecule has 8 atom stereocenters. The molecule has 0 bridgehead atoms. The molecule has 0 heterocycles. The summed E-state index contributed by atoms with van der Waals surface area (Å²) in [6.07, 6.45) is 23.5. The fraction of sp³-hybridized carbons (Fsp3) is 0.875. The molecule has 8 unspecified atom stereocenters. The second kappa shape index (κ2) is 11.7. The van der Waals surface area contributed by atoms with Gasteiger partial charge in [-0.05, 0) is 111 Å². The van der Waals surface area contributed by atoms with Crippen molar-refractivity contribution in [2.45, 2.75) is 123 Å². The SMILES string of the molecule is C=CCCSSC1CCC2(C)C(=CCC3C2CCC2(C)C(CCCC(CC)C(C)C)CCC32)C1. The molecule has 194 valence electrons. The van der Waals surface area contributed by atoms with E-state index in [4.69, 9.17) is 0 Å². The highest BCUT2D eigenvalue weighted by atomic mass is 33.1. The average molecular weight is 503 g/mol. The topological polar surface area (TPSA) is 0 Å². The van der Waals surface area contributed by atoms with Gasteiger partial charge >= 0.3 is 0 Å². The highest BCUT2D eigenvalue weighted by Gasteiger charge is 2.58. The Balaban J connectivity index is 1.37. The first-order valence-electron chi connectivity index (χ1n) is 14.9. The van der Waals surface area contributed by atoms with Gasteiger partial charge in [-0.15, -0.1) is 6.58 Å². The van der Waals surface area contributed by atoms with E-state index in [1.165, 1.54) is 82.8 Å². The van der Waals surface area contributed by atoms with E-state index in [1.807, 2.05) is 5.57 Å². The van der Waals surface area contributed by atoms with Gasteiger partial charge in [0.05, 0.1) is 0 Å². The first-order valence-corrected chi connectivity index (χ1v) is 17.3. The van der Waals surface area contributed by atoms with Gasteiger partial charge in [0.1, 0.15) is 0 Å². The van der Waals surface area contributed by atoms with Gasteiger partial charge in [-0.3, -0.25) is 0 Å². The summed E-state index contributed by atoms with van der Waals surface area (Å²) in [7, 11) is 4.26. The van der Waals surface area contributed by atoms with Gasteiger partial charge in [-0.1, -0.05) is 93.2 Å². The number of fused-ring (bicyclic) bond motifs is 5. The lowest BCUT2D eigenvalue weighted by molar-refractivity contribution is -0.0423. The molecule has 0 saturated heterocycles. The van der Waals surface area contributed by atoms with Crippen molar-refractivity contribution in [3.05, 3.63) is 24.3 Å². The Morgan fingerprint density at radius 3 is 2.68 bits per heavy atom. The van der Waals surface area contributed by atoms with Crippen molar-refractivity contribution in [1.82, 2.24) is 0 Å². The van der Waals surface area contributed by atoms with Crippen LogP contribution in [0.5, 0.6) is 0 Å². The molecule has 3 saturated carbocycles. The van der Waals surface area contributed by atoms with Crippen LogP contribution >= 0.6 is 21.6 Å². The third-order valence-electron chi connectivity index (χ3n) is 11.5. The van der Waals surface area contributed by atoms with Gasteiger partial charge < -0.3 is 0 Å². The van der Waals surface area contributed by atoms with E-state index in [0.29, 0.717) is 10.8 Å². The molecule has 4 aliphatic rings. The molecule has 3 fully saturated rings. The summed E-state index contributed by atoms with van der Waals surface area (Å²) in [5.74, 6) is 6.97. The zero-order chi connectivity index (χ0) is 24.3. The Kier molecular flexibility index (Phi) is 9.37. The predicted molar refractivity (Wildman–Crippen MR) is 156 cm³/mol. The van der Waals surface area contributed by atoms with Crippen molar-refractivity contribution in [3.8, 4) is 0 Å². The summed E-state index contributed by atoms with van der Waals surface area (Å²) in [5.41, 5.74) is 3.01. The monoisotopic (exact) mass is 502 g/mol. The Morgan fingerprint density at radius 1 is 1.12 bits per heavy atom. The van der Waals surface area contributed by atoms with E-state index >= 15 is 0 Å². The van der Waals surface area contributed by atoms with Crippen molar-refractivity contribution >= 4 is 21.6 Å². The third-order valence-corrected chi connectivity index (χ3v) is 14.4. The van der Waals surface area contributed by atoms with Crippen LogP contribution in [0.3, 0.4) is 0 Å². The molecule has 4 aliphatic carbocycles. The molecule has 0 aliphatic heterocycles. The number of allylic oxidation sites excluding steroid dienone is 3. The van der Waals surface area contributed by atoms with E-state index < -0.39 is 0 Å². The smallest absolute Gasteiger partial charge is 0.0189 e. The Hall–Kier alpha value is 0.180. The van der Waals surface area contributed by atoms with Crippen LogP contribution in [-0.2, 0) is 0 Å². The van der Waals surface area contributed by atoms with Crippen LogP contribution in [0.1, 0.15) is 118 Å².